The van der Waals surface area contributed by atoms with Gasteiger partial charge in [-0.1, -0.05) is 0 Å². The van der Waals surface area contributed by atoms with Gasteiger partial charge in [-0.05, 0) is 22.9 Å². The highest BCUT2D eigenvalue weighted by Crippen LogP contribution is 2.18. The third-order valence-corrected chi connectivity index (χ3v) is 1.69. The fourth-order valence-electron chi connectivity index (χ4n) is 0.356. The smallest absolute Gasteiger partial charge is 0.182 e. The molecule has 4 heteroatoms. The SMILES string of the molecule is CC1=C(Br)C(F)=N[N]1. The van der Waals surface area contributed by atoms with Gasteiger partial charge in [0.1, 0.15) is 0 Å². The third-order valence-electron chi connectivity index (χ3n) is 0.787. The molecule has 2 nitrogen and oxygen atoms in total. The number of halogens is 2. The van der Waals surface area contributed by atoms with E-state index in [-0.39, 0.29) is 0 Å². The molecule has 0 fully saturated rings. The van der Waals surface area contributed by atoms with Crippen LogP contribution in [0.2, 0.25) is 0 Å². The summed E-state index contributed by atoms with van der Waals surface area (Å²) >= 11 is 2.95. The summed E-state index contributed by atoms with van der Waals surface area (Å²) in [6.07, 6.45) is 0. The fourth-order valence-corrected chi connectivity index (χ4v) is 0.515. The molecule has 0 N–H and O–H groups in total. The Labute approximate surface area is 54.6 Å². The molecule has 0 aromatic heterocycles. The molecule has 0 aromatic rings. The van der Waals surface area contributed by atoms with Gasteiger partial charge in [-0.3, -0.25) is 0 Å². The van der Waals surface area contributed by atoms with Crippen LogP contribution < -0.4 is 5.43 Å². The number of nitrogens with zero attached hydrogens (tertiary/aromatic N) is 2. The Morgan fingerprint density at radius 1 is 1.62 bits per heavy atom. The van der Waals surface area contributed by atoms with E-state index in [9.17, 15) is 4.39 Å². The summed E-state index contributed by atoms with van der Waals surface area (Å²) in [7, 11) is 0. The molecule has 0 saturated carbocycles. The molecule has 1 aliphatic heterocycles. The lowest BCUT2D eigenvalue weighted by molar-refractivity contribution is 0.787. The highest BCUT2D eigenvalue weighted by Gasteiger charge is 2.13. The van der Waals surface area contributed by atoms with E-state index in [1.165, 1.54) is 0 Å². The molecular formula is C4H3BrFN2. The molecule has 0 bridgehead atoms. The van der Waals surface area contributed by atoms with Crippen LogP contribution in [-0.2, 0) is 0 Å². The molecule has 0 saturated heterocycles. The van der Waals surface area contributed by atoms with E-state index >= 15 is 0 Å². The second-order valence-electron chi connectivity index (χ2n) is 1.39. The Hall–Kier alpha value is -0.380. The van der Waals surface area contributed by atoms with Crippen LogP contribution in [0.25, 0.3) is 0 Å². The van der Waals surface area contributed by atoms with E-state index in [4.69, 9.17) is 0 Å². The maximum atomic E-state index is 12.1. The summed E-state index contributed by atoms with van der Waals surface area (Å²) in [6.45, 7) is 1.68. The second-order valence-corrected chi connectivity index (χ2v) is 2.18. The van der Waals surface area contributed by atoms with Crippen molar-refractivity contribution in [2.24, 2.45) is 5.10 Å². The summed E-state index contributed by atoms with van der Waals surface area (Å²) in [5.74, 6) is -0.539. The number of hydrogen-bond acceptors (Lipinski definition) is 1. The minimum atomic E-state index is -0.539. The molecule has 1 radical (unpaired) electrons. The molecule has 0 aromatic carbocycles. The van der Waals surface area contributed by atoms with Crippen LogP contribution in [0.5, 0.6) is 0 Å². The highest BCUT2D eigenvalue weighted by molar-refractivity contribution is 9.12. The van der Waals surface area contributed by atoms with Gasteiger partial charge >= 0.3 is 0 Å². The zero-order valence-corrected chi connectivity index (χ0v) is 5.74. The standard InChI is InChI=1S/C4H3BrFN2/c1-2-3(5)4(6)8-7-2/h1H3. The van der Waals surface area contributed by atoms with Crippen LogP contribution in [-0.4, -0.2) is 5.97 Å². The molecule has 1 rings (SSSR count). The lowest BCUT2D eigenvalue weighted by atomic mass is 10.5. The van der Waals surface area contributed by atoms with Crippen molar-refractivity contribution in [1.82, 2.24) is 5.43 Å². The van der Waals surface area contributed by atoms with E-state index in [1.807, 2.05) is 0 Å². The quantitative estimate of drug-likeness (QED) is 0.537. The van der Waals surface area contributed by atoms with Crippen molar-refractivity contribution in [3.63, 3.8) is 0 Å². The predicted octanol–water partition coefficient (Wildman–Crippen LogP) is 1.51. The minimum Gasteiger partial charge on any atom is -0.182 e. The summed E-state index contributed by atoms with van der Waals surface area (Å²) < 4.78 is 12.5. The molecule has 0 amide bonds. The van der Waals surface area contributed by atoms with Crippen molar-refractivity contribution in [2.75, 3.05) is 0 Å². The molecule has 0 aliphatic carbocycles. The first kappa shape index (κ1) is 5.75. The van der Waals surface area contributed by atoms with Gasteiger partial charge in [-0.25, -0.2) is 0 Å². The van der Waals surface area contributed by atoms with Gasteiger partial charge in [0.2, 0.25) is 5.97 Å². The van der Waals surface area contributed by atoms with Crippen molar-refractivity contribution in [3.05, 3.63) is 10.2 Å². The molecule has 0 unspecified atom stereocenters. The Morgan fingerprint density at radius 3 is 2.38 bits per heavy atom. The zero-order chi connectivity index (χ0) is 6.15. The predicted molar refractivity (Wildman–Crippen MR) is 32.3 cm³/mol. The van der Waals surface area contributed by atoms with E-state index in [0.29, 0.717) is 10.2 Å². The largest absolute Gasteiger partial charge is 0.249 e. The zero-order valence-electron chi connectivity index (χ0n) is 4.15. The fraction of sp³-hybridized carbons (Fsp3) is 0.250. The van der Waals surface area contributed by atoms with Gasteiger partial charge in [-0.2, -0.15) is 9.82 Å². The summed E-state index contributed by atoms with van der Waals surface area (Å²) in [6, 6.07) is 0. The molecular weight excluding hydrogens is 175 g/mol. The summed E-state index contributed by atoms with van der Waals surface area (Å²) in [5.41, 5.74) is 4.03. The Balaban J connectivity index is 2.88. The van der Waals surface area contributed by atoms with Crippen molar-refractivity contribution < 1.29 is 4.39 Å². The van der Waals surface area contributed by atoms with Gasteiger partial charge in [0.25, 0.3) is 0 Å². The Morgan fingerprint density at radius 2 is 2.25 bits per heavy atom. The lowest BCUT2D eigenvalue weighted by Crippen LogP contribution is -1.83. The van der Waals surface area contributed by atoms with Crippen LogP contribution in [0.1, 0.15) is 6.92 Å². The van der Waals surface area contributed by atoms with Gasteiger partial charge in [0.15, 0.2) is 0 Å². The molecule has 43 valence electrons. The van der Waals surface area contributed by atoms with Crippen molar-refractivity contribution in [2.45, 2.75) is 6.92 Å². The average molecular weight is 178 g/mol. The number of hydrogen-bond donors (Lipinski definition) is 0. The Bertz CT molecular complexity index is 167. The van der Waals surface area contributed by atoms with Gasteiger partial charge in [0.05, 0.1) is 10.2 Å². The van der Waals surface area contributed by atoms with E-state index < -0.39 is 5.97 Å². The number of allylic oxidation sites excluding steroid dienone is 2. The second kappa shape index (κ2) is 1.85. The third kappa shape index (κ3) is 0.753. The Kier molecular flexibility index (Phi) is 1.33. The van der Waals surface area contributed by atoms with Gasteiger partial charge < -0.3 is 0 Å². The average Bonchev–Trinajstić information content (AvgIpc) is 1.98. The first-order valence-electron chi connectivity index (χ1n) is 2.03. The summed E-state index contributed by atoms with van der Waals surface area (Å²) in [5, 5.41) is 3.15. The molecule has 0 spiro atoms. The lowest BCUT2D eigenvalue weighted by Gasteiger charge is -1.83. The summed E-state index contributed by atoms with van der Waals surface area (Å²) in [4.78, 5) is 0. The highest BCUT2D eigenvalue weighted by atomic mass is 79.9. The van der Waals surface area contributed by atoms with Crippen molar-refractivity contribution in [3.8, 4) is 0 Å². The van der Waals surface area contributed by atoms with Crippen LogP contribution in [0.15, 0.2) is 15.3 Å². The first-order valence-corrected chi connectivity index (χ1v) is 2.82. The monoisotopic (exact) mass is 177 g/mol. The molecule has 1 heterocycles. The van der Waals surface area contributed by atoms with Crippen LogP contribution in [0, 0.1) is 0 Å². The molecule has 0 atom stereocenters. The normalized spacial score (nSPS) is 18.6. The molecule has 1 aliphatic rings. The topological polar surface area (TPSA) is 26.5 Å². The number of rotatable bonds is 0. The van der Waals surface area contributed by atoms with Crippen molar-refractivity contribution >= 4 is 21.9 Å². The van der Waals surface area contributed by atoms with E-state index in [1.54, 1.807) is 6.92 Å². The first-order chi connectivity index (χ1) is 3.72. The minimum absolute atomic E-state index is 0.359. The van der Waals surface area contributed by atoms with Crippen LogP contribution in [0.4, 0.5) is 4.39 Å². The maximum Gasteiger partial charge on any atom is 0.249 e. The van der Waals surface area contributed by atoms with E-state index in [0.717, 1.165) is 0 Å². The maximum absolute atomic E-state index is 12.1. The van der Waals surface area contributed by atoms with E-state index in [2.05, 4.69) is 26.5 Å². The van der Waals surface area contributed by atoms with Crippen LogP contribution in [0.3, 0.4) is 0 Å². The van der Waals surface area contributed by atoms with Crippen LogP contribution >= 0.6 is 15.9 Å². The van der Waals surface area contributed by atoms with Gasteiger partial charge in [-0.15, -0.1) is 5.10 Å². The van der Waals surface area contributed by atoms with Crippen molar-refractivity contribution in [1.29, 1.82) is 0 Å². The van der Waals surface area contributed by atoms with Gasteiger partial charge in [0, 0.05) is 0 Å². The molecule has 8 heavy (non-hydrogen) atoms.